The fraction of sp³-hybridized carbons (Fsp3) is 0.643. The van der Waals surface area contributed by atoms with E-state index in [1.54, 1.807) is 6.07 Å². The molecule has 0 N–H and O–H groups in total. The van der Waals surface area contributed by atoms with Crippen LogP contribution in [-0.2, 0) is 21.2 Å². The van der Waals surface area contributed by atoms with Crippen molar-refractivity contribution in [3.63, 3.8) is 0 Å². The second kappa shape index (κ2) is 6.41. The van der Waals surface area contributed by atoms with Crippen LogP contribution in [0, 0.1) is 0 Å². The smallest absolute Gasteiger partial charge is 0.220 e. The summed E-state index contributed by atoms with van der Waals surface area (Å²) >= 11 is 1.37. The topological polar surface area (TPSA) is 92.4 Å². The molecular weight excluding hydrogens is 350 g/mol. The standard InChI is InChI=1S/C14H21N5O3S2/c1-14(2,3)12-15-13(23-17-12)18-5-7-19(8-6-18)24(20,21)10-11-4-9-22-16-11/h4,9H,5-8,10H2,1-3H3. The molecule has 1 saturated heterocycles. The van der Waals surface area contributed by atoms with Crippen LogP contribution in [-0.4, -0.2) is 53.4 Å². The number of aromatic nitrogens is 3. The number of anilines is 1. The Balaban J connectivity index is 1.62. The fourth-order valence-electron chi connectivity index (χ4n) is 2.40. The van der Waals surface area contributed by atoms with E-state index in [-0.39, 0.29) is 11.2 Å². The van der Waals surface area contributed by atoms with Gasteiger partial charge in [-0.25, -0.2) is 13.4 Å². The normalized spacial score (nSPS) is 17.4. The summed E-state index contributed by atoms with van der Waals surface area (Å²) in [6.07, 6.45) is 1.38. The molecule has 0 bridgehead atoms. The fourth-order valence-corrected chi connectivity index (χ4v) is 4.73. The summed E-state index contributed by atoms with van der Waals surface area (Å²) < 4.78 is 35.5. The number of rotatable bonds is 4. The van der Waals surface area contributed by atoms with Crippen molar-refractivity contribution < 1.29 is 12.9 Å². The van der Waals surface area contributed by atoms with Crippen molar-refractivity contribution in [1.29, 1.82) is 0 Å². The molecule has 1 fully saturated rings. The molecule has 1 aliphatic heterocycles. The van der Waals surface area contributed by atoms with E-state index >= 15 is 0 Å². The van der Waals surface area contributed by atoms with Crippen molar-refractivity contribution >= 4 is 26.7 Å². The molecule has 0 amide bonds. The van der Waals surface area contributed by atoms with Crippen molar-refractivity contribution in [3.8, 4) is 0 Å². The maximum absolute atomic E-state index is 12.4. The van der Waals surface area contributed by atoms with E-state index in [1.807, 2.05) is 0 Å². The van der Waals surface area contributed by atoms with Crippen LogP contribution in [0.1, 0.15) is 32.3 Å². The summed E-state index contributed by atoms with van der Waals surface area (Å²) in [6, 6.07) is 1.57. The third kappa shape index (κ3) is 3.76. The van der Waals surface area contributed by atoms with Crippen LogP contribution in [0.4, 0.5) is 5.13 Å². The molecular formula is C14H21N5O3S2. The zero-order valence-electron chi connectivity index (χ0n) is 14.0. The SMILES string of the molecule is CC(C)(C)c1nsc(N2CCN(S(=O)(=O)Cc3ccon3)CC2)n1. The number of sulfonamides is 1. The van der Waals surface area contributed by atoms with Crippen molar-refractivity contribution in [1.82, 2.24) is 18.8 Å². The van der Waals surface area contributed by atoms with Crippen molar-refractivity contribution in [2.24, 2.45) is 0 Å². The summed E-state index contributed by atoms with van der Waals surface area (Å²) in [5.41, 5.74) is 0.341. The van der Waals surface area contributed by atoms with Gasteiger partial charge < -0.3 is 9.42 Å². The first-order chi connectivity index (χ1) is 11.3. The van der Waals surface area contributed by atoms with E-state index in [0.717, 1.165) is 11.0 Å². The van der Waals surface area contributed by atoms with Gasteiger partial charge in [0.15, 0.2) is 0 Å². The Bertz CT molecular complexity index is 772. The second-order valence-corrected chi connectivity index (χ2v) is 9.48. The number of piperazine rings is 1. The average molecular weight is 371 g/mol. The monoisotopic (exact) mass is 371 g/mol. The maximum atomic E-state index is 12.4. The Labute approximate surface area is 145 Å². The molecule has 2 aromatic heterocycles. The number of nitrogens with zero attached hydrogens (tertiary/aromatic N) is 5. The van der Waals surface area contributed by atoms with Crippen LogP contribution in [0.2, 0.25) is 0 Å². The van der Waals surface area contributed by atoms with Gasteiger partial charge in [0.25, 0.3) is 0 Å². The molecule has 3 rings (SSSR count). The Kier molecular flexibility index (Phi) is 4.63. The molecule has 0 unspecified atom stereocenters. The van der Waals surface area contributed by atoms with Crippen molar-refractivity contribution in [2.45, 2.75) is 31.9 Å². The molecule has 0 radical (unpaired) electrons. The van der Waals surface area contributed by atoms with Gasteiger partial charge in [-0.15, -0.1) is 0 Å². The summed E-state index contributed by atoms with van der Waals surface area (Å²) in [5, 5.41) is 4.53. The summed E-state index contributed by atoms with van der Waals surface area (Å²) in [7, 11) is -3.38. The lowest BCUT2D eigenvalue weighted by Gasteiger charge is -2.33. The Morgan fingerprint density at radius 1 is 1.25 bits per heavy atom. The first kappa shape index (κ1) is 17.3. The average Bonchev–Trinajstić information content (AvgIpc) is 3.17. The minimum Gasteiger partial charge on any atom is -0.364 e. The Morgan fingerprint density at radius 2 is 1.96 bits per heavy atom. The molecule has 1 aliphatic rings. The molecule has 10 heteroatoms. The van der Waals surface area contributed by atoms with E-state index in [4.69, 9.17) is 4.52 Å². The lowest BCUT2D eigenvalue weighted by atomic mass is 9.96. The minimum atomic E-state index is -3.38. The number of hydrogen-bond donors (Lipinski definition) is 0. The quantitative estimate of drug-likeness (QED) is 0.803. The minimum absolute atomic E-state index is 0.0858. The van der Waals surface area contributed by atoms with Crippen molar-refractivity contribution in [3.05, 3.63) is 23.8 Å². The van der Waals surface area contributed by atoms with Gasteiger partial charge in [0, 0.05) is 49.2 Å². The third-order valence-corrected chi connectivity index (χ3v) is 6.40. The van der Waals surface area contributed by atoms with Gasteiger partial charge >= 0.3 is 0 Å². The van der Waals surface area contributed by atoms with Gasteiger partial charge in [-0.2, -0.15) is 8.68 Å². The zero-order valence-corrected chi connectivity index (χ0v) is 15.6. The Morgan fingerprint density at radius 3 is 2.50 bits per heavy atom. The van der Waals surface area contributed by atoms with Crippen LogP contribution in [0.3, 0.4) is 0 Å². The highest BCUT2D eigenvalue weighted by atomic mass is 32.2. The van der Waals surface area contributed by atoms with Gasteiger partial charge in [-0.05, 0) is 0 Å². The van der Waals surface area contributed by atoms with Crippen LogP contribution in [0.25, 0.3) is 0 Å². The molecule has 0 atom stereocenters. The molecule has 3 heterocycles. The van der Waals surface area contributed by atoms with Gasteiger partial charge in [0.2, 0.25) is 15.2 Å². The first-order valence-corrected chi connectivity index (χ1v) is 10.1. The number of hydrogen-bond acceptors (Lipinski definition) is 8. The molecule has 2 aromatic rings. The van der Waals surface area contributed by atoms with E-state index in [0.29, 0.717) is 31.9 Å². The van der Waals surface area contributed by atoms with E-state index in [2.05, 4.69) is 40.2 Å². The largest absolute Gasteiger partial charge is 0.364 e. The lowest BCUT2D eigenvalue weighted by Crippen LogP contribution is -2.49. The van der Waals surface area contributed by atoms with Crippen LogP contribution in [0.5, 0.6) is 0 Å². The van der Waals surface area contributed by atoms with Crippen molar-refractivity contribution in [2.75, 3.05) is 31.1 Å². The molecule has 0 spiro atoms. The van der Waals surface area contributed by atoms with Crippen LogP contribution >= 0.6 is 11.5 Å². The first-order valence-electron chi connectivity index (χ1n) is 7.72. The van der Waals surface area contributed by atoms with Gasteiger partial charge in [-0.1, -0.05) is 25.9 Å². The Hall–Kier alpha value is -1.52. The van der Waals surface area contributed by atoms with Crippen LogP contribution in [0.15, 0.2) is 16.9 Å². The van der Waals surface area contributed by atoms with Gasteiger partial charge in [-0.3, -0.25) is 0 Å². The van der Waals surface area contributed by atoms with E-state index < -0.39 is 10.0 Å². The molecule has 8 nitrogen and oxygen atoms in total. The molecule has 0 aliphatic carbocycles. The van der Waals surface area contributed by atoms with Crippen LogP contribution < -0.4 is 4.90 Å². The molecule has 132 valence electrons. The highest BCUT2D eigenvalue weighted by Gasteiger charge is 2.29. The highest BCUT2D eigenvalue weighted by Crippen LogP contribution is 2.26. The van der Waals surface area contributed by atoms with E-state index in [9.17, 15) is 8.42 Å². The third-order valence-electron chi connectivity index (χ3n) is 3.81. The maximum Gasteiger partial charge on any atom is 0.220 e. The molecule has 0 aromatic carbocycles. The van der Waals surface area contributed by atoms with Gasteiger partial charge in [0.1, 0.15) is 17.8 Å². The van der Waals surface area contributed by atoms with E-state index in [1.165, 1.54) is 22.1 Å². The second-order valence-electron chi connectivity index (χ2n) is 6.78. The summed E-state index contributed by atoms with van der Waals surface area (Å²) in [6.45, 7) is 8.32. The predicted octanol–water partition coefficient (Wildman–Crippen LogP) is 1.48. The summed E-state index contributed by atoms with van der Waals surface area (Å²) in [4.78, 5) is 6.69. The zero-order chi connectivity index (χ0) is 17.4. The molecule has 0 saturated carbocycles. The highest BCUT2D eigenvalue weighted by molar-refractivity contribution is 7.88. The summed E-state index contributed by atoms with van der Waals surface area (Å²) in [5.74, 6) is 0.694. The lowest BCUT2D eigenvalue weighted by molar-refractivity contribution is 0.381. The molecule has 24 heavy (non-hydrogen) atoms. The van der Waals surface area contributed by atoms with Gasteiger partial charge in [0.05, 0.1) is 5.69 Å². The predicted molar refractivity (Wildman–Crippen MR) is 91.5 cm³/mol.